The van der Waals surface area contributed by atoms with Crippen molar-refractivity contribution >= 4 is 41.6 Å². The number of hydrogen-bond donors (Lipinski definition) is 1. The fraction of sp³-hybridized carbons (Fsp3) is 0.333. The molecule has 1 amide bonds. The minimum absolute atomic E-state index is 0. The van der Waals surface area contributed by atoms with E-state index in [1.165, 1.54) is 0 Å². The zero-order chi connectivity index (χ0) is 14.0. The van der Waals surface area contributed by atoms with Crippen LogP contribution in [0.3, 0.4) is 0 Å². The minimum atomic E-state index is -0.0401. The number of benzene rings is 1. The second-order valence-corrected chi connectivity index (χ2v) is 4.83. The van der Waals surface area contributed by atoms with Gasteiger partial charge in [0, 0.05) is 30.7 Å². The number of aromatic nitrogens is 1. The van der Waals surface area contributed by atoms with Crippen LogP contribution >= 0.6 is 24.8 Å². The number of pyridine rings is 1. The molecule has 2 N–H and O–H groups in total. The molecule has 1 aromatic carbocycles. The largest absolute Gasteiger partial charge is 0.338 e. The number of rotatable bonds is 3. The number of carbonyl (C=O) groups excluding carboxylic acids is 1. The van der Waals surface area contributed by atoms with Gasteiger partial charge in [-0.1, -0.05) is 18.2 Å². The number of likely N-dealkylation sites (N-methyl/N-ethyl adjacent to an activating group) is 1. The third-order valence-electron chi connectivity index (χ3n) is 3.41. The molecule has 1 heterocycles. The molecule has 4 nitrogen and oxygen atoms in total. The van der Waals surface area contributed by atoms with Gasteiger partial charge in [0.2, 0.25) is 0 Å². The summed E-state index contributed by atoms with van der Waals surface area (Å²) in [5.41, 5.74) is 7.90. The van der Waals surface area contributed by atoms with Crippen LogP contribution in [0, 0.1) is 6.92 Å². The van der Waals surface area contributed by atoms with Gasteiger partial charge in [0.15, 0.2) is 0 Å². The number of fused-ring (bicyclic) bond motifs is 1. The molecule has 0 bridgehead atoms. The summed E-state index contributed by atoms with van der Waals surface area (Å²) >= 11 is 0. The zero-order valence-electron chi connectivity index (χ0n) is 12.4. The molecule has 0 spiro atoms. The number of nitrogens with two attached hydrogens (primary N) is 1. The number of amides is 1. The van der Waals surface area contributed by atoms with Crippen molar-refractivity contribution in [2.75, 3.05) is 13.6 Å². The van der Waals surface area contributed by atoms with E-state index in [2.05, 4.69) is 4.98 Å². The molecule has 0 aliphatic carbocycles. The molecule has 21 heavy (non-hydrogen) atoms. The summed E-state index contributed by atoms with van der Waals surface area (Å²) < 4.78 is 0. The third-order valence-corrected chi connectivity index (χ3v) is 3.41. The molecular weight excluding hydrogens is 309 g/mol. The van der Waals surface area contributed by atoms with Crippen LogP contribution < -0.4 is 5.73 Å². The van der Waals surface area contributed by atoms with Crippen molar-refractivity contribution in [2.24, 2.45) is 5.73 Å². The topological polar surface area (TPSA) is 59.2 Å². The number of aryl methyl sites for hydroxylation is 1. The fourth-order valence-corrected chi connectivity index (χ4v) is 1.97. The highest BCUT2D eigenvalue weighted by Crippen LogP contribution is 2.19. The fourth-order valence-electron chi connectivity index (χ4n) is 1.97. The molecule has 2 rings (SSSR count). The lowest BCUT2D eigenvalue weighted by Crippen LogP contribution is -2.39. The molecule has 6 heteroatoms. The van der Waals surface area contributed by atoms with E-state index in [0.29, 0.717) is 12.1 Å². The van der Waals surface area contributed by atoms with Crippen LogP contribution in [-0.2, 0) is 0 Å². The molecule has 0 aliphatic rings. The Morgan fingerprint density at radius 1 is 1.29 bits per heavy atom. The summed E-state index contributed by atoms with van der Waals surface area (Å²) in [6.07, 6.45) is 0. The monoisotopic (exact) mass is 329 g/mol. The Bertz CT molecular complexity index is 619. The average molecular weight is 330 g/mol. The SMILES string of the molecule is Cc1ccc2cccc(C(=O)N(C)C(C)CN)c2n1.Cl.Cl. The van der Waals surface area contributed by atoms with E-state index in [9.17, 15) is 4.79 Å². The maximum atomic E-state index is 12.5. The van der Waals surface area contributed by atoms with Gasteiger partial charge < -0.3 is 10.6 Å². The van der Waals surface area contributed by atoms with Gasteiger partial charge in [-0.05, 0) is 26.0 Å². The molecule has 0 saturated carbocycles. The van der Waals surface area contributed by atoms with E-state index in [1.54, 1.807) is 11.9 Å². The minimum Gasteiger partial charge on any atom is -0.338 e. The first-order valence-electron chi connectivity index (χ1n) is 6.38. The third kappa shape index (κ3) is 4.06. The number of hydrogen-bond acceptors (Lipinski definition) is 3. The summed E-state index contributed by atoms with van der Waals surface area (Å²) in [7, 11) is 1.77. The Hall–Kier alpha value is -1.36. The van der Waals surface area contributed by atoms with E-state index in [4.69, 9.17) is 5.73 Å². The van der Waals surface area contributed by atoms with Crippen LogP contribution in [0.15, 0.2) is 30.3 Å². The lowest BCUT2D eigenvalue weighted by Gasteiger charge is -2.24. The molecule has 0 saturated heterocycles. The van der Waals surface area contributed by atoms with Crippen LogP contribution in [0.5, 0.6) is 0 Å². The van der Waals surface area contributed by atoms with Gasteiger partial charge in [-0.15, -0.1) is 24.8 Å². The average Bonchev–Trinajstić information content (AvgIpc) is 2.44. The number of para-hydroxylation sites is 1. The molecule has 1 unspecified atom stereocenters. The molecule has 0 radical (unpaired) electrons. The number of nitrogens with zero attached hydrogens (tertiary/aromatic N) is 2. The van der Waals surface area contributed by atoms with Crippen LogP contribution in [0.1, 0.15) is 23.0 Å². The smallest absolute Gasteiger partial charge is 0.256 e. The number of carbonyl (C=O) groups is 1. The van der Waals surface area contributed by atoms with Crippen molar-refractivity contribution in [3.63, 3.8) is 0 Å². The molecule has 0 fully saturated rings. The van der Waals surface area contributed by atoms with Crippen LogP contribution in [0.25, 0.3) is 10.9 Å². The van der Waals surface area contributed by atoms with Crippen molar-refractivity contribution in [2.45, 2.75) is 19.9 Å². The van der Waals surface area contributed by atoms with Crippen molar-refractivity contribution in [1.82, 2.24) is 9.88 Å². The highest BCUT2D eigenvalue weighted by Gasteiger charge is 2.19. The van der Waals surface area contributed by atoms with Gasteiger partial charge in [-0.2, -0.15) is 0 Å². The van der Waals surface area contributed by atoms with E-state index in [-0.39, 0.29) is 36.8 Å². The predicted molar refractivity (Wildman–Crippen MR) is 91.6 cm³/mol. The quantitative estimate of drug-likeness (QED) is 0.941. The molecule has 116 valence electrons. The van der Waals surface area contributed by atoms with Crippen molar-refractivity contribution in [1.29, 1.82) is 0 Å². The van der Waals surface area contributed by atoms with Crippen molar-refractivity contribution < 1.29 is 4.79 Å². The standard InChI is InChI=1S/C15H19N3O.2ClH/c1-10-7-8-12-5-4-6-13(14(12)17-10)15(19)18(3)11(2)9-16;;/h4-8,11H,9,16H2,1-3H3;2*1H. The zero-order valence-corrected chi connectivity index (χ0v) is 14.0. The van der Waals surface area contributed by atoms with E-state index >= 15 is 0 Å². The first kappa shape index (κ1) is 19.6. The lowest BCUT2D eigenvalue weighted by molar-refractivity contribution is 0.0750. The van der Waals surface area contributed by atoms with Gasteiger partial charge in [-0.3, -0.25) is 9.78 Å². The van der Waals surface area contributed by atoms with Gasteiger partial charge >= 0.3 is 0 Å². The Labute approximate surface area is 137 Å². The molecule has 0 aliphatic heterocycles. The van der Waals surface area contributed by atoms with E-state index in [1.807, 2.05) is 44.2 Å². The van der Waals surface area contributed by atoms with Gasteiger partial charge in [0.25, 0.3) is 5.91 Å². The molecular formula is C15H21Cl2N3O. The van der Waals surface area contributed by atoms with Gasteiger partial charge in [-0.25, -0.2) is 0 Å². The van der Waals surface area contributed by atoms with E-state index in [0.717, 1.165) is 16.6 Å². The molecule has 1 atom stereocenters. The van der Waals surface area contributed by atoms with Crippen molar-refractivity contribution in [3.05, 3.63) is 41.6 Å². The van der Waals surface area contributed by atoms with Gasteiger partial charge in [0.1, 0.15) is 0 Å². The van der Waals surface area contributed by atoms with Gasteiger partial charge in [0.05, 0.1) is 11.1 Å². The summed E-state index contributed by atoms with van der Waals surface area (Å²) in [6.45, 7) is 4.30. The first-order chi connectivity index (χ1) is 9.04. The normalized spacial score (nSPS) is 11.2. The maximum absolute atomic E-state index is 12.5. The lowest BCUT2D eigenvalue weighted by atomic mass is 10.1. The summed E-state index contributed by atoms with van der Waals surface area (Å²) in [5, 5.41) is 0.977. The second kappa shape index (κ2) is 8.17. The highest BCUT2D eigenvalue weighted by atomic mass is 35.5. The summed E-state index contributed by atoms with van der Waals surface area (Å²) in [4.78, 5) is 18.7. The van der Waals surface area contributed by atoms with Crippen LogP contribution in [0.4, 0.5) is 0 Å². The van der Waals surface area contributed by atoms with E-state index < -0.39 is 0 Å². The van der Waals surface area contributed by atoms with Crippen LogP contribution in [-0.4, -0.2) is 35.4 Å². The van der Waals surface area contributed by atoms with Crippen LogP contribution in [0.2, 0.25) is 0 Å². The second-order valence-electron chi connectivity index (χ2n) is 4.83. The molecule has 1 aromatic heterocycles. The number of halogens is 2. The predicted octanol–water partition coefficient (Wildman–Crippen LogP) is 2.81. The Kier molecular flexibility index (Phi) is 7.64. The Morgan fingerprint density at radius 2 is 1.95 bits per heavy atom. The first-order valence-corrected chi connectivity index (χ1v) is 6.38. The summed E-state index contributed by atoms with van der Waals surface area (Å²) in [6, 6.07) is 9.60. The van der Waals surface area contributed by atoms with Crippen molar-refractivity contribution in [3.8, 4) is 0 Å². The Morgan fingerprint density at radius 3 is 2.57 bits per heavy atom. The maximum Gasteiger partial charge on any atom is 0.256 e. The Balaban J connectivity index is 0.00000200. The molecule has 2 aromatic rings. The summed E-state index contributed by atoms with van der Waals surface area (Å²) in [5.74, 6) is -0.0401. The highest BCUT2D eigenvalue weighted by molar-refractivity contribution is 6.05.